The number of aromatic nitrogens is 4. The summed E-state index contributed by atoms with van der Waals surface area (Å²) in [6.07, 6.45) is 2.45. The molecule has 2 unspecified atom stereocenters. The normalized spacial score (nSPS) is 16.6. The summed E-state index contributed by atoms with van der Waals surface area (Å²) in [7, 11) is -3.50. The quantitative estimate of drug-likeness (QED) is 0.783. The van der Waals surface area contributed by atoms with Crippen LogP contribution in [0.15, 0.2) is 12.7 Å². The molecule has 0 fully saturated rings. The predicted octanol–water partition coefficient (Wildman–Crippen LogP) is 0.629. The van der Waals surface area contributed by atoms with Gasteiger partial charge in [-0.25, -0.2) is 15.0 Å². The molecule has 98 valence electrons. The van der Waals surface area contributed by atoms with Crippen molar-refractivity contribution in [2.75, 3.05) is 12.4 Å². The maximum atomic E-state index is 11.1. The zero-order valence-corrected chi connectivity index (χ0v) is 10.9. The van der Waals surface area contributed by atoms with Crippen molar-refractivity contribution in [2.24, 2.45) is 0 Å². The first-order chi connectivity index (χ1) is 8.37. The van der Waals surface area contributed by atoms with Crippen LogP contribution in [0, 0.1) is 0 Å². The molecule has 0 radical (unpaired) electrons. The van der Waals surface area contributed by atoms with Gasteiger partial charge in [0.2, 0.25) is 0 Å². The van der Waals surface area contributed by atoms with Crippen LogP contribution in [0.5, 0.6) is 0 Å². The number of hydrogen-bond acceptors (Lipinski definition) is 6. The average Bonchev–Trinajstić information content (AvgIpc) is 2.60. The molecule has 2 aromatic rings. The number of hydrogen-bond donors (Lipinski definition) is 2. The van der Waals surface area contributed by atoms with Crippen LogP contribution in [0.2, 0.25) is 0 Å². The highest BCUT2D eigenvalue weighted by atomic mass is 31.2. The molecular formula is C9H14N5O3P. The Labute approximate surface area is 103 Å². The van der Waals surface area contributed by atoms with Gasteiger partial charge in [-0.2, -0.15) is 0 Å². The van der Waals surface area contributed by atoms with E-state index in [1.165, 1.54) is 6.33 Å². The second-order valence-corrected chi connectivity index (χ2v) is 5.86. The molecule has 0 bridgehead atoms. The molecule has 0 saturated heterocycles. The summed E-state index contributed by atoms with van der Waals surface area (Å²) in [5.74, 6) is 0.302. The first-order valence-electron chi connectivity index (χ1n) is 5.27. The van der Waals surface area contributed by atoms with E-state index < -0.39 is 13.7 Å². The minimum Gasteiger partial charge on any atom is -0.382 e. The summed E-state index contributed by atoms with van der Waals surface area (Å²) in [6, 6.07) is 0. The molecule has 0 amide bonds. The highest BCUT2D eigenvalue weighted by molar-refractivity contribution is 7.51. The van der Waals surface area contributed by atoms with Crippen molar-refractivity contribution < 1.29 is 14.0 Å². The van der Waals surface area contributed by atoms with Crippen molar-refractivity contribution in [3.05, 3.63) is 12.7 Å². The van der Waals surface area contributed by atoms with Gasteiger partial charge in [-0.05, 0) is 6.92 Å². The van der Waals surface area contributed by atoms with Gasteiger partial charge >= 0.3 is 7.60 Å². The Morgan fingerprint density at radius 3 is 2.94 bits per heavy atom. The maximum absolute atomic E-state index is 11.1. The molecule has 2 atom stereocenters. The number of nitrogens with zero attached hydrogens (tertiary/aromatic N) is 4. The molecule has 0 aliphatic heterocycles. The van der Waals surface area contributed by atoms with E-state index in [-0.39, 0.29) is 0 Å². The van der Waals surface area contributed by atoms with Crippen LogP contribution in [0.4, 0.5) is 5.82 Å². The lowest BCUT2D eigenvalue weighted by molar-refractivity contribution is 0.176. The fraction of sp³-hybridized carbons (Fsp3) is 0.444. The number of rotatable bonds is 4. The Morgan fingerprint density at radius 1 is 1.56 bits per heavy atom. The Kier molecular flexibility index (Phi) is 3.34. The summed E-state index contributed by atoms with van der Waals surface area (Å²) in [5, 5.41) is 0. The third-order valence-electron chi connectivity index (χ3n) is 2.26. The van der Waals surface area contributed by atoms with Gasteiger partial charge in [0, 0.05) is 6.66 Å². The molecule has 8 nitrogen and oxygen atoms in total. The highest BCUT2D eigenvalue weighted by Crippen LogP contribution is 2.38. The fourth-order valence-electron chi connectivity index (χ4n) is 1.68. The summed E-state index contributed by atoms with van der Waals surface area (Å²) >= 11 is 0. The van der Waals surface area contributed by atoms with Gasteiger partial charge in [-0.1, -0.05) is 0 Å². The zero-order chi connectivity index (χ0) is 13.3. The van der Waals surface area contributed by atoms with Crippen molar-refractivity contribution in [3.8, 4) is 0 Å². The van der Waals surface area contributed by atoms with Crippen molar-refractivity contribution in [1.29, 1.82) is 0 Å². The topological polar surface area (TPSA) is 116 Å². The number of anilines is 1. The van der Waals surface area contributed by atoms with Crippen LogP contribution >= 0.6 is 7.60 Å². The molecule has 9 heteroatoms. The third kappa shape index (κ3) is 2.84. The van der Waals surface area contributed by atoms with Crippen molar-refractivity contribution >= 4 is 24.6 Å². The maximum Gasteiger partial charge on any atom is 0.325 e. The minimum atomic E-state index is -3.50. The lowest BCUT2D eigenvalue weighted by Crippen LogP contribution is -2.15. The van der Waals surface area contributed by atoms with Gasteiger partial charge in [0.25, 0.3) is 0 Å². The predicted molar refractivity (Wildman–Crippen MR) is 66.0 cm³/mol. The van der Waals surface area contributed by atoms with Crippen LogP contribution in [0.25, 0.3) is 11.2 Å². The Hall–Kier alpha value is -1.50. The molecule has 0 saturated carbocycles. The number of nitrogens with two attached hydrogens (primary N) is 1. The summed E-state index contributed by atoms with van der Waals surface area (Å²) in [6.45, 7) is 3.20. The Morgan fingerprint density at radius 2 is 2.28 bits per heavy atom. The van der Waals surface area contributed by atoms with Gasteiger partial charge in [-0.3, -0.25) is 4.57 Å². The van der Waals surface area contributed by atoms with Gasteiger partial charge in [0.05, 0.1) is 19.0 Å². The molecule has 18 heavy (non-hydrogen) atoms. The highest BCUT2D eigenvalue weighted by Gasteiger charge is 2.17. The van der Waals surface area contributed by atoms with E-state index in [9.17, 15) is 4.57 Å². The molecule has 0 spiro atoms. The number of imidazole rings is 1. The smallest absolute Gasteiger partial charge is 0.325 e. The van der Waals surface area contributed by atoms with Crippen molar-refractivity contribution in [3.63, 3.8) is 0 Å². The van der Waals surface area contributed by atoms with E-state index in [0.29, 0.717) is 23.5 Å². The van der Waals surface area contributed by atoms with Crippen LogP contribution in [-0.2, 0) is 15.6 Å². The van der Waals surface area contributed by atoms with Crippen LogP contribution in [-0.4, -0.2) is 37.2 Å². The van der Waals surface area contributed by atoms with E-state index in [2.05, 4.69) is 15.0 Å². The molecule has 3 N–H and O–H groups in total. The molecular weight excluding hydrogens is 257 g/mol. The summed E-state index contributed by atoms with van der Waals surface area (Å²) in [4.78, 5) is 21.1. The van der Waals surface area contributed by atoms with Crippen LogP contribution in [0.1, 0.15) is 6.92 Å². The molecule has 0 aromatic carbocycles. The lowest BCUT2D eigenvalue weighted by Gasteiger charge is -2.15. The van der Waals surface area contributed by atoms with E-state index in [1.54, 1.807) is 17.8 Å². The van der Waals surface area contributed by atoms with Gasteiger partial charge in [0.1, 0.15) is 11.8 Å². The number of nitrogen functional groups attached to an aromatic ring is 1. The van der Waals surface area contributed by atoms with Crippen molar-refractivity contribution in [1.82, 2.24) is 19.5 Å². The SMILES string of the molecule is CC(Cn1cnc2c(N)ncnc21)OP(C)(=O)O. The van der Waals surface area contributed by atoms with E-state index in [0.717, 1.165) is 6.66 Å². The largest absolute Gasteiger partial charge is 0.382 e. The molecule has 2 heterocycles. The number of fused-ring (bicyclic) bond motifs is 1. The first-order valence-corrected chi connectivity index (χ1v) is 7.29. The summed E-state index contributed by atoms with van der Waals surface area (Å²) in [5.41, 5.74) is 6.74. The average molecular weight is 271 g/mol. The van der Waals surface area contributed by atoms with E-state index in [1.807, 2.05) is 0 Å². The molecule has 0 aliphatic carbocycles. The van der Waals surface area contributed by atoms with E-state index in [4.69, 9.17) is 15.2 Å². The first kappa shape index (κ1) is 12.9. The van der Waals surface area contributed by atoms with E-state index >= 15 is 0 Å². The summed E-state index contributed by atoms with van der Waals surface area (Å²) < 4.78 is 17.8. The minimum absolute atomic E-state index is 0.302. The van der Waals surface area contributed by atoms with Crippen LogP contribution < -0.4 is 5.73 Å². The lowest BCUT2D eigenvalue weighted by atomic mass is 10.4. The molecule has 2 aromatic heterocycles. The Balaban J connectivity index is 2.22. The van der Waals surface area contributed by atoms with Gasteiger partial charge in [0.15, 0.2) is 11.5 Å². The zero-order valence-electron chi connectivity index (χ0n) is 10.0. The standard InChI is InChI=1S/C9H14N5O3P/c1-6(17-18(2,15)16)3-14-5-13-7-8(10)11-4-12-9(7)14/h4-6H,3H2,1-2H3,(H,15,16)(H2,10,11,12). The third-order valence-corrected chi connectivity index (χ3v) is 3.01. The van der Waals surface area contributed by atoms with Crippen LogP contribution in [0.3, 0.4) is 0 Å². The van der Waals surface area contributed by atoms with Crippen molar-refractivity contribution in [2.45, 2.75) is 19.6 Å². The second-order valence-electron chi connectivity index (χ2n) is 4.05. The fourth-order valence-corrected chi connectivity index (χ4v) is 2.41. The monoisotopic (exact) mass is 271 g/mol. The molecule has 0 aliphatic rings. The molecule has 2 rings (SSSR count). The second kappa shape index (κ2) is 4.64. The Bertz CT molecular complexity index is 607. The van der Waals surface area contributed by atoms with Gasteiger partial charge < -0.3 is 19.7 Å². The van der Waals surface area contributed by atoms with Gasteiger partial charge in [-0.15, -0.1) is 0 Å².